The largest absolute Gasteiger partial charge is 0.317 e. The van der Waals surface area contributed by atoms with Crippen molar-refractivity contribution in [1.29, 1.82) is 0 Å². The SMILES string of the molecule is CCCNCCCc1nnc(CCC2CCCC2)s1. The Morgan fingerprint density at radius 3 is 2.58 bits per heavy atom. The first kappa shape index (κ1) is 14.9. The van der Waals surface area contributed by atoms with Crippen LogP contribution < -0.4 is 5.32 Å². The Bertz CT molecular complexity index is 345. The van der Waals surface area contributed by atoms with E-state index in [-0.39, 0.29) is 0 Å². The second-order valence-electron chi connectivity index (χ2n) is 5.63. The van der Waals surface area contributed by atoms with Crippen molar-refractivity contribution >= 4 is 11.3 Å². The number of nitrogens with one attached hydrogen (secondary N) is 1. The van der Waals surface area contributed by atoms with Crippen LogP contribution in [0.3, 0.4) is 0 Å². The van der Waals surface area contributed by atoms with Crippen molar-refractivity contribution in [2.24, 2.45) is 5.92 Å². The fraction of sp³-hybridized carbons (Fsp3) is 0.867. The average molecular weight is 281 g/mol. The van der Waals surface area contributed by atoms with Gasteiger partial charge in [-0.05, 0) is 38.3 Å². The van der Waals surface area contributed by atoms with Gasteiger partial charge in [0, 0.05) is 12.8 Å². The number of nitrogens with zero attached hydrogens (tertiary/aromatic N) is 2. The summed E-state index contributed by atoms with van der Waals surface area (Å²) in [5.41, 5.74) is 0. The molecule has 1 fully saturated rings. The second kappa shape index (κ2) is 8.64. The Morgan fingerprint density at radius 1 is 1.11 bits per heavy atom. The first-order valence-corrected chi connectivity index (χ1v) is 8.72. The molecule has 1 aromatic rings. The Balaban J connectivity index is 1.61. The zero-order chi connectivity index (χ0) is 13.3. The molecule has 0 aromatic carbocycles. The quantitative estimate of drug-likeness (QED) is 0.703. The number of rotatable bonds is 9. The molecule has 0 saturated heterocycles. The number of hydrogen-bond donors (Lipinski definition) is 1. The second-order valence-corrected chi connectivity index (χ2v) is 6.78. The lowest BCUT2D eigenvalue weighted by molar-refractivity contribution is 0.502. The topological polar surface area (TPSA) is 37.8 Å². The van der Waals surface area contributed by atoms with E-state index in [1.54, 1.807) is 0 Å². The number of aryl methyl sites for hydroxylation is 2. The highest BCUT2D eigenvalue weighted by atomic mass is 32.1. The molecule has 0 aliphatic heterocycles. The van der Waals surface area contributed by atoms with E-state index in [2.05, 4.69) is 22.4 Å². The van der Waals surface area contributed by atoms with Crippen molar-refractivity contribution in [1.82, 2.24) is 15.5 Å². The summed E-state index contributed by atoms with van der Waals surface area (Å²) < 4.78 is 0. The minimum Gasteiger partial charge on any atom is -0.317 e. The minimum absolute atomic E-state index is 0.964. The monoisotopic (exact) mass is 281 g/mol. The van der Waals surface area contributed by atoms with Crippen LogP contribution in [0.25, 0.3) is 0 Å². The van der Waals surface area contributed by atoms with Gasteiger partial charge in [-0.2, -0.15) is 0 Å². The van der Waals surface area contributed by atoms with Gasteiger partial charge in [0.15, 0.2) is 0 Å². The van der Waals surface area contributed by atoms with E-state index in [1.807, 2.05) is 11.3 Å². The molecule has 3 nitrogen and oxygen atoms in total. The van der Waals surface area contributed by atoms with Crippen LogP contribution in [-0.4, -0.2) is 23.3 Å². The molecule has 108 valence electrons. The number of hydrogen-bond acceptors (Lipinski definition) is 4. The fourth-order valence-corrected chi connectivity index (χ4v) is 3.69. The smallest absolute Gasteiger partial charge is 0.117 e. The summed E-state index contributed by atoms with van der Waals surface area (Å²) in [7, 11) is 0. The summed E-state index contributed by atoms with van der Waals surface area (Å²) in [6.07, 6.45) is 11.7. The first-order valence-electron chi connectivity index (χ1n) is 7.90. The van der Waals surface area contributed by atoms with Gasteiger partial charge in [0.05, 0.1) is 0 Å². The van der Waals surface area contributed by atoms with Crippen molar-refractivity contribution in [3.63, 3.8) is 0 Å². The highest BCUT2D eigenvalue weighted by molar-refractivity contribution is 7.11. The summed E-state index contributed by atoms with van der Waals surface area (Å²) in [5, 5.41) is 14.6. The Kier molecular flexibility index (Phi) is 6.79. The predicted molar refractivity (Wildman–Crippen MR) is 81.7 cm³/mol. The zero-order valence-electron chi connectivity index (χ0n) is 12.2. The fourth-order valence-electron chi connectivity index (χ4n) is 2.78. The van der Waals surface area contributed by atoms with Crippen molar-refractivity contribution in [3.05, 3.63) is 10.0 Å². The van der Waals surface area contributed by atoms with Gasteiger partial charge in [0.1, 0.15) is 10.0 Å². The van der Waals surface area contributed by atoms with Gasteiger partial charge >= 0.3 is 0 Å². The molecule has 0 radical (unpaired) electrons. The van der Waals surface area contributed by atoms with Crippen LogP contribution in [-0.2, 0) is 12.8 Å². The van der Waals surface area contributed by atoms with E-state index in [0.29, 0.717) is 0 Å². The highest BCUT2D eigenvalue weighted by Gasteiger charge is 2.15. The predicted octanol–water partition coefficient (Wildman–Crippen LogP) is 3.59. The van der Waals surface area contributed by atoms with Crippen LogP contribution >= 0.6 is 11.3 Å². The van der Waals surface area contributed by atoms with Crippen molar-refractivity contribution in [2.75, 3.05) is 13.1 Å². The summed E-state index contributed by atoms with van der Waals surface area (Å²) in [6.45, 7) is 4.43. The third-order valence-corrected chi connectivity index (χ3v) is 4.96. The van der Waals surface area contributed by atoms with Gasteiger partial charge in [-0.15, -0.1) is 21.5 Å². The van der Waals surface area contributed by atoms with Gasteiger partial charge in [0.25, 0.3) is 0 Å². The maximum atomic E-state index is 4.34. The summed E-state index contributed by atoms with van der Waals surface area (Å²) in [5.74, 6) is 0.964. The molecule has 2 rings (SSSR count). The summed E-state index contributed by atoms with van der Waals surface area (Å²) >= 11 is 1.83. The highest BCUT2D eigenvalue weighted by Crippen LogP contribution is 2.29. The van der Waals surface area contributed by atoms with Gasteiger partial charge in [-0.1, -0.05) is 32.6 Å². The third kappa shape index (κ3) is 5.57. The lowest BCUT2D eigenvalue weighted by Crippen LogP contribution is -2.16. The van der Waals surface area contributed by atoms with Crippen LogP contribution in [0.15, 0.2) is 0 Å². The normalized spacial score (nSPS) is 16.3. The molecule has 1 aliphatic rings. The molecular weight excluding hydrogens is 254 g/mol. The molecule has 4 heteroatoms. The van der Waals surface area contributed by atoms with E-state index >= 15 is 0 Å². The van der Waals surface area contributed by atoms with E-state index < -0.39 is 0 Å². The molecule has 0 unspecified atom stereocenters. The van der Waals surface area contributed by atoms with Gasteiger partial charge in [-0.3, -0.25) is 0 Å². The van der Waals surface area contributed by atoms with Crippen LogP contribution in [0.5, 0.6) is 0 Å². The molecule has 1 saturated carbocycles. The van der Waals surface area contributed by atoms with Crippen molar-refractivity contribution in [2.45, 2.75) is 64.7 Å². The molecular formula is C15H27N3S. The van der Waals surface area contributed by atoms with Crippen LogP contribution in [0.1, 0.15) is 61.9 Å². The van der Waals surface area contributed by atoms with Crippen LogP contribution in [0.4, 0.5) is 0 Å². The Morgan fingerprint density at radius 2 is 1.84 bits per heavy atom. The Labute approximate surface area is 121 Å². The van der Waals surface area contributed by atoms with E-state index in [1.165, 1.54) is 55.0 Å². The van der Waals surface area contributed by atoms with E-state index in [0.717, 1.165) is 31.8 Å². The molecule has 1 aliphatic carbocycles. The molecule has 0 bridgehead atoms. The summed E-state index contributed by atoms with van der Waals surface area (Å²) in [6, 6.07) is 0. The number of aromatic nitrogens is 2. The molecule has 0 amide bonds. The van der Waals surface area contributed by atoms with Crippen molar-refractivity contribution in [3.8, 4) is 0 Å². The zero-order valence-corrected chi connectivity index (χ0v) is 13.0. The molecule has 1 heterocycles. The van der Waals surface area contributed by atoms with Crippen LogP contribution in [0.2, 0.25) is 0 Å². The third-order valence-electron chi connectivity index (χ3n) is 3.92. The van der Waals surface area contributed by atoms with Gasteiger partial charge in [0.2, 0.25) is 0 Å². The molecule has 0 atom stereocenters. The lowest BCUT2D eigenvalue weighted by Gasteiger charge is -2.05. The van der Waals surface area contributed by atoms with Gasteiger partial charge in [-0.25, -0.2) is 0 Å². The lowest BCUT2D eigenvalue weighted by atomic mass is 10.0. The summed E-state index contributed by atoms with van der Waals surface area (Å²) in [4.78, 5) is 0. The van der Waals surface area contributed by atoms with E-state index in [4.69, 9.17) is 0 Å². The minimum atomic E-state index is 0.964. The maximum Gasteiger partial charge on any atom is 0.117 e. The molecule has 19 heavy (non-hydrogen) atoms. The van der Waals surface area contributed by atoms with Crippen LogP contribution in [0, 0.1) is 5.92 Å². The van der Waals surface area contributed by atoms with Crippen molar-refractivity contribution < 1.29 is 0 Å². The van der Waals surface area contributed by atoms with Gasteiger partial charge < -0.3 is 5.32 Å². The standard InChI is InChI=1S/C15H27N3S/c1-2-11-16-12-5-8-14-17-18-15(19-14)10-9-13-6-3-4-7-13/h13,16H,2-12H2,1H3. The maximum absolute atomic E-state index is 4.34. The Hall–Kier alpha value is -0.480. The molecule has 1 N–H and O–H groups in total. The van der Waals surface area contributed by atoms with E-state index in [9.17, 15) is 0 Å². The first-order chi connectivity index (χ1) is 9.38. The molecule has 1 aromatic heterocycles. The average Bonchev–Trinajstić information content (AvgIpc) is 3.07. The molecule has 0 spiro atoms.